The molecule has 5 nitrogen and oxygen atoms in total. The standard InChI is InChI=1S/C47H54F3NO4/c1-26-23-36(51-44(52)42-37-25-38(43(42)45(51)53)41-35-18-17-34(24-35)40(37)41)19-20-39(26)55-46(54)27(2)22-29-7-11-31(12-8-29)33-15-13-32(14-16-33)30-9-5-28(6-10-30)4-3-21-47(48,49)50/h7-8,11-12,17-20,22-23,28,30,32-35,37-38,40-43H,3-6,9-10,13-16,21,24-25H2,1-2H3/b27-22+. The number of carbonyl (C=O) groups is 3. The SMILES string of the molecule is C/C(=C\c1ccc(C2CCC(C3CCC(CCCC(F)(F)F)CC3)CC2)cc1)C(=O)Oc1ccc(N2C(=O)C3C4CC(C3C2=O)C2C3C=CC(C3)C42)cc1C. The van der Waals surface area contributed by atoms with Crippen molar-refractivity contribution in [2.75, 3.05) is 4.90 Å². The number of fused-ring (bicyclic) bond motifs is 12. The Bertz CT molecular complexity index is 1840. The number of hydrogen-bond donors (Lipinski definition) is 0. The third-order valence-electron chi connectivity index (χ3n) is 15.6. The van der Waals surface area contributed by atoms with Gasteiger partial charge in [0.05, 0.1) is 17.5 Å². The molecule has 1 heterocycles. The van der Waals surface area contributed by atoms with Crippen LogP contribution in [0.3, 0.4) is 0 Å². The van der Waals surface area contributed by atoms with Crippen LogP contribution in [-0.4, -0.2) is 24.0 Å². The smallest absolute Gasteiger partial charge is 0.389 e. The van der Waals surface area contributed by atoms with Gasteiger partial charge in [-0.3, -0.25) is 14.5 Å². The number of amides is 2. The van der Waals surface area contributed by atoms with E-state index in [1.165, 1.54) is 42.6 Å². The van der Waals surface area contributed by atoms with E-state index in [1.807, 2.05) is 13.0 Å². The highest BCUT2D eigenvalue weighted by atomic mass is 19.4. The summed E-state index contributed by atoms with van der Waals surface area (Å²) in [5.41, 5.74) is 4.01. The van der Waals surface area contributed by atoms with Crippen LogP contribution in [0, 0.1) is 72.0 Å². The van der Waals surface area contributed by atoms with Gasteiger partial charge in [0.1, 0.15) is 5.75 Å². The van der Waals surface area contributed by atoms with Crippen LogP contribution in [0.25, 0.3) is 6.08 Å². The van der Waals surface area contributed by atoms with Crippen molar-refractivity contribution in [3.05, 3.63) is 76.9 Å². The maximum atomic E-state index is 13.8. The largest absolute Gasteiger partial charge is 0.423 e. The zero-order valence-electron chi connectivity index (χ0n) is 32.1. The number of benzene rings is 2. The van der Waals surface area contributed by atoms with E-state index in [-0.39, 0.29) is 30.1 Å². The number of imide groups is 1. The second-order valence-electron chi connectivity index (χ2n) is 18.5. The summed E-state index contributed by atoms with van der Waals surface area (Å²) in [5.74, 6) is 4.83. The minimum Gasteiger partial charge on any atom is -0.423 e. The molecule has 0 radical (unpaired) electrons. The lowest BCUT2D eigenvalue weighted by Gasteiger charge is -2.38. The Labute approximate surface area is 323 Å². The summed E-state index contributed by atoms with van der Waals surface area (Å²) in [4.78, 5) is 42.3. The molecule has 8 heteroatoms. The number of hydrogen-bond acceptors (Lipinski definition) is 4. The second kappa shape index (κ2) is 14.4. The van der Waals surface area contributed by atoms with Crippen molar-refractivity contribution in [2.24, 2.45) is 65.1 Å². The van der Waals surface area contributed by atoms with E-state index in [1.54, 1.807) is 25.1 Å². The Morgan fingerprint density at radius 1 is 0.818 bits per heavy atom. The number of anilines is 1. The van der Waals surface area contributed by atoms with Gasteiger partial charge in [0.15, 0.2) is 0 Å². The number of rotatable bonds is 9. The van der Waals surface area contributed by atoms with Crippen LogP contribution in [0.15, 0.2) is 60.2 Å². The molecule has 5 saturated carbocycles. The van der Waals surface area contributed by atoms with Crippen molar-refractivity contribution in [1.82, 2.24) is 0 Å². The summed E-state index contributed by atoms with van der Waals surface area (Å²) < 4.78 is 43.4. The van der Waals surface area contributed by atoms with E-state index in [4.69, 9.17) is 4.74 Å². The first kappa shape index (κ1) is 36.9. The van der Waals surface area contributed by atoms with E-state index in [0.717, 1.165) is 49.5 Å². The monoisotopic (exact) mass is 753 g/mol. The average Bonchev–Trinajstić information content (AvgIpc) is 4.00. The van der Waals surface area contributed by atoms with Gasteiger partial charge in [0, 0.05) is 12.0 Å². The van der Waals surface area contributed by atoms with Gasteiger partial charge < -0.3 is 4.74 Å². The van der Waals surface area contributed by atoms with Crippen molar-refractivity contribution in [2.45, 2.75) is 109 Å². The molecule has 1 saturated heterocycles. The summed E-state index contributed by atoms with van der Waals surface area (Å²) in [5, 5.41) is 0. The molecule has 9 rings (SSSR count). The summed E-state index contributed by atoms with van der Waals surface area (Å²) in [7, 11) is 0. The maximum absolute atomic E-state index is 13.8. The first-order valence-electron chi connectivity index (χ1n) is 21.2. The number of allylic oxidation sites excluding steroid dienone is 2. The first-order chi connectivity index (χ1) is 26.4. The highest BCUT2D eigenvalue weighted by molar-refractivity contribution is 6.22. The summed E-state index contributed by atoms with van der Waals surface area (Å²) >= 11 is 0. The normalized spacial score (nSPS) is 36.5. The average molecular weight is 754 g/mol. The molecule has 7 aliphatic rings. The van der Waals surface area contributed by atoms with E-state index in [2.05, 4.69) is 36.4 Å². The van der Waals surface area contributed by atoms with Crippen molar-refractivity contribution in [1.29, 1.82) is 0 Å². The summed E-state index contributed by atoms with van der Waals surface area (Å²) in [6, 6.07) is 13.7. The molecular formula is C47H54F3NO4. The minimum absolute atomic E-state index is 0.0485. The number of alkyl halides is 3. The third kappa shape index (κ3) is 6.81. The van der Waals surface area contributed by atoms with Gasteiger partial charge >= 0.3 is 12.1 Å². The minimum atomic E-state index is -4.03. The van der Waals surface area contributed by atoms with Gasteiger partial charge in [-0.1, -0.05) is 55.7 Å². The van der Waals surface area contributed by atoms with Gasteiger partial charge in [-0.05, 0) is 172 Å². The quantitative estimate of drug-likeness (QED) is 0.0639. The lowest BCUT2D eigenvalue weighted by atomic mass is 9.65. The molecular weight excluding hydrogens is 700 g/mol. The van der Waals surface area contributed by atoms with E-state index >= 15 is 0 Å². The van der Waals surface area contributed by atoms with Crippen LogP contribution < -0.4 is 9.64 Å². The molecule has 6 aliphatic carbocycles. The van der Waals surface area contributed by atoms with E-state index in [0.29, 0.717) is 76.3 Å². The highest BCUT2D eigenvalue weighted by Crippen LogP contribution is 2.70. The summed E-state index contributed by atoms with van der Waals surface area (Å²) in [6.45, 7) is 3.60. The molecule has 2 amide bonds. The zero-order chi connectivity index (χ0) is 38.2. The molecule has 8 unspecified atom stereocenters. The van der Waals surface area contributed by atoms with Crippen LogP contribution in [0.4, 0.5) is 18.9 Å². The fourth-order valence-electron chi connectivity index (χ4n) is 13.1. The highest BCUT2D eigenvalue weighted by Gasteiger charge is 2.71. The summed E-state index contributed by atoms with van der Waals surface area (Å²) in [6.07, 6.45) is 14.3. The Hall–Kier alpha value is -3.68. The zero-order valence-corrected chi connectivity index (χ0v) is 32.1. The van der Waals surface area contributed by atoms with Gasteiger partial charge in [0.25, 0.3) is 0 Å². The van der Waals surface area contributed by atoms with Crippen molar-refractivity contribution >= 4 is 29.5 Å². The predicted molar refractivity (Wildman–Crippen MR) is 206 cm³/mol. The van der Waals surface area contributed by atoms with Crippen LogP contribution in [-0.2, 0) is 14.4 Å². The third-order valence-corrected chi connectivity index (χ3v) is 15.6. The molecule has 6 fully saturated rings. The molecule has 2 aromatic carbocycles. The lowest BCUT2D eigenvalue weighted by Crippen LogP contribution is -2.38. The molecule has 2 aromatic rings. The van der Waals surface area contributed by atoms with Crippen LogP contribution in [0.5, 0.6) is 5.75 Å². The Morgan fingerprint density at radius 3 is 2.00 bits per heavy atom. The van der Waals surface area contributed by atoms with Gasteiger partial charge in [0.2, 0.25) is 11.8 Å². The van der Waals surface area contributed by atoms with Crippen molar-refractivity contribution in [3.8, 4) is 5.75 Å². The maximum Gasteiger partial charge on any atom is 0.389 e. The van der Waals surface area contributed by atoms with Crippen LogP contribution >= 0.6 is 0 Å². The van der Waals surface area contributed by atoms with Gasteiger partial charge in [-0.15, -0.1) is 0 Å². The van der Waals surface area contributed by atoms with Crippen LogP contribution in [0.2, 0.25) is 0 Å². The number of aryl methyl sites for hydroxylation is 1. The molecule has 1 aliphatic heterocycles. The molecule has 8 atom stereocenters. The number of ether oxygens (including phenoxy) is 1. The van der Waals surface area contributed by atoms with Crippen molar-refractivity contribution < 1.29 is 32.3 Å². The Morgan fingerprint density at radius 2 is 1.42 bits per heavy atom. The van der Waals surface area contributed by atoms with E-state index in [9.17, 15) is 27.6 Å². The Kier molecular flexibility index (Phi) is 9.64. The van der Waals surface area contributed by atoms with Crippen LogP contribution in [0.1, 0.15) is 113 Å². The molecule has 0 aromatic heterocycles. The molecule has 0 N–H and O–H groups in total. The predicted octanol–water partition coefficient (Wildman–Crippen LogP) is 11.0. The lowest BCUT2D eigenvalue weighted by molar-refractivity contribution is -0.136. The molecule has 55 heavy (non-hydrogen) atoms. The molecule has 4 bridgehead atoms. The second-order valence-corrected chi connectivity index (χ2v) is 18.5. The van der Waals surface area contributed by atoms with Crippen molar-refractivity contribution in [3.63, 3.8) is 0 Å². The van der Waals surface area contributed by atoms with E-state index < -0.39 is 18.6 Å². The number of esters is 1. The van der Waals surface area contributed by atoms with Gasteiger partial charge in [-0.25, -0.2) is 4.79 Å². The molecule has 292 valence electrons. The molecule has 0 spiro atoms. The fraction of sp³-hybridized carbons (Fsp3) is 0.596. The first-order valence-corrected chi connectivity index (χ1v) is 21.2. The fourth-order valence-corrected chi connectivity index (χ4v) is 13.1. The number of nitrogens with zero attached hydrogens (tertiary/aromatic N) is 1. The Balaban J connectivity index is 0.760. The number of halogens is 3. The topological polar surface area (TPSA) is 63.7 Å². The number of carbonyl (C=O) groups excluding carboxylic acids is 3. The van der Waals surface area contributed by atoms with Gasteiger partial charge in [-0.2, -0.15) is 13.2 Å².